The Hall–Kier alpha value is -1.38. The van der Waals surface area contributed by atoms with Crippen LogP contribution >= 0.6 is 0 Å². The molecule has 0 aliphatic carbocycles. The zero-order valence-corrected chi connectivity index (χ0v) is 8.95. The van der Waals surface area contributed by atoms with Crippen molar-refractivity contribution in [1.82, 2.24) is 10.6 Å². The maximum absolute atomic E-state index is 3.70. The lowest BCUT2D eigenvalue weighted by atomic mass is 10.1. The van der Waals surface area contributed by atoms with Gasteiger partial charge in [-0.15, -0.1) is 13.2 Å². The van der Waals surface area contributed by atoms with Crippen LogP contribution in [0.3, 0.4) is 0 Å². The quantitative estimate of drug-likeness (QED) is 0.523. The standard InChI is InChI=1S/C13H18N2/c1-3-10-14-13(15-11-4-2)12-8-6-5-7-9-12/h3-9,13-15H,1-2,10-11H2. The van der Waals surface area contributed by atoms with Crippen LogP contribution in [0.2, 0.25) is 0 Å². The molecule has 0 bridgehead atoms. The van der Waals surface area contributed by atoms with Crippen LogP contribution in [0, 0.1) is 0 Å². The molecule has 0 fully saturated rings. The lowest BCUT2D eigenvalue weighted by Crippen LogP contribution is -2.34. The topological polar surface area (TPSA) is 24.1 Å². The molecule has 2 nitrogen and oxygen atoms in total. The molecule has 1 aromatic carbocycles. The molecule has 80 valence electrons. The Kier molecular flexibility index (Phi) is 5.44. The largest absolute Gasteiger partial charge is 0.295 e. The summed E-state index contributed by atoms with van der Waals surface area (Å²) >= 11 is 0. The fourth-order valence-corrected chi connectivity index (χ4v) is 1.36. The first-order valence-corrected chi connectivity index (χ1v) is 5.12. The number of hydrogen-bond donors (Lipinski definition) is 2. The van der Waals surface area contributed by atoms with Crippen molar-refractivity contribution >= 4 is 0 Å². The van der Waals surface area contributed by atoms with E-state index in [1.165, 1.54) is 5.56 Å². The summed E-state index contributed by atoms with van der Waals surface area (Å²) < 4.78 is 0. The molecule has 0 amide bonds. The highest BCUT2D eigenvalue weighted by Crippen LogP contribution is 2.08. The van der Waals surface area contributed by atoms with Crippen molar-refractivity contribution in [1.29, 1.82) is 0 Å². The smallest absolute Gasteiger partial charge is 0.0840 e. The Morgan fingerprint density at radius 2 is 1.53 bits per heavy atom. The summed E-state index contributed by atoms with van der Waals surface area (Å²) in [6.45, 7) is 8.96. The summed E-state index contributed by atoms with van der Waals surface area (Å²) in [4.78, 5) is 0. The van der Waals surface area contributed by atoms with E-state index in [0.717, 1.165) is 13.1 Å². The normalized spacial score (nSPS) is 10.2. The zero-order valence-electron chi connectivity index (χ0n) is 8.95. The highest BCUT2D eigenvalue weighted by molar-refractivity contribution is 5.18. The second-order valence-electron chi connectivity index (χ2n) is 3.24. The molecule has 1 aromatic rings. The van der Waals surface area contributed by atoms with Crippen molar-refractivity contribution in [3.63, 3.8) is 0 Å². The Labute approximate surface area is 91.7 Å². The van der Waals surface area contributed by atoms with Gasteiger partial charge in [-0.25, -0.2) is 0 Å². The molecular formula is C13H18N2. The molecule has 1 rings (SSSR count). The number of benzene rings is 1. The van der Waals surface area contributed by atoms with Gasteiger partial charge in [0.25, 0.3) is 0 Å². The highest BCUT2D eigenvalue weighted by atomic mass is 15.1. The van der Waals surface area contributed by atoms with Crippen molar-refractivity contribution < 1.29 is 0 Å². The predicted octanol–water partition coefficient (Wildman–Crippen LogP) is 2.24. The molecule has 0 aliphatic heterocycles. The van der Waals surface area contributed by atoms with E-state index in [-0.39, 0.29) is 6.17 Å². The van der Waals surface area contributed by atoms with Gasteiger partial charge in [-0.3, -0.25) is 10.6 Å². The minimum Gasteiger partial charge on any atom is -0.295 e. The Morgan fingerprint density at radius 1 is 1.00 bits per heavy atom. The minimum atomic E-state index is 0.155. The van der Waals surface area contributed by atoms with Gasteiger partial charge in [0, 0.05) is 13.1 Å². The monoisotopic (exact) mass is 202 g/mol. The van der Waals surface area contributed by atoms with Crippen molar-refractivity contribution in [3.05, 3.63) is 61.2 Å². The lowest BCUT2D eigenvalue weighted by Gasteiger charge is -2.19. The second kappa shape index (κ2) is 6.98. The summed E-state index contributed by atoms with van der Waals surface area (Å²) in [5.74, 6) is 0. The molecule has 0 radical (unpaired) electrons. The predicted molar refractivity (Wildman–Crippen MR) is 65.6 cm³/mol. The van der Waals surface area contributed by atoms with Crippen molar-refractivity contribution in [2.45, 2.75) is 6.17 Å². The SMILES string of the molecule is C=CCNC(NCC=C)c1ccccc1. The van der Waals surface area contributed by atoms with Crippen LogP contribution in [0.15, 0.2) is 55.6 Å². The van der Waals surface area contributed by atoms with Gasteiger partial charge >= 0.3 is 0 Å². The summed E-state index contributed by atoms with van der Waals surface area (Å²) in [5, 5.41) is 6.69. The Balaban J connectivity index is 2.62. The molecule has 0 saturated carbocycles. The second-order valence-corrected chi connectivity index (χ2v) is 3.24. The summed E-state index contributed by atoms with van der Waals surface area (Å²) in [7, 11) is 0. The first kappa shape index (κ1) is 11.7. The van der Waals surface area contributed by atoms with Gasteiger partial charge in [0.15, 0.2) is 0 Å². The number of nitrogens with one attached hydrogen (secondary N) is 2. The molecule has 0 atom stereocenters. The Morgan fingerprint density at radius 3 is 2.00 bits per heavy atom. The van der Waals surface area contributed by atoms with Gasteiger partial charge in [-0.2, -0.15) is 0 Å². The number of rotatable bonds is 7. The molecule has 15 heavy (non-hydrogen) atoms. The third-order valence-corrected chi connectivity index (χ3v) is 2.07. The van der Waals surface area contributed by atoms with Crippen LogP contribution in [0.5, 0.6) is 0 Å². The van der Waals surface area contributed by atoms with E-state index in [4.69, 9.17) is 0 Å². The average Bonchev–Trinajstić information content (AvgIpc) is 2.30. The molecular weight excluding hydrogens is 184 g/mol. The van der Waals surface area contributed by atoms with Crippen LogP contribution in [0.1, 0.15) is 11.7 Å². The van der Waals surface area contributed by atoms with Crippen LogP contribution in [0.4, 0.5) is 0 Å². The maximum atomic E-state index is 3.70. The van der Waals surface area contributed by atoms with E-state index < -0.39 is 0 Å². The van der Waals surface area contributed by atoms with Gasteiger partial charge in [-0.1, -0.05) is 42.5 Å². The summed E-state index contributed by atoms with van der Waals surface area (Å²) in [6.07, 6.45) is 3.86. The van der Waals surface area contributed by atoms with Crippen molar-refractivity contribution in [3.8, 4) is 0 Å². The van der Waals surface area contributed by atoms with E-state index in [1.54, 1.807) is 0 Å². The molecule has 2 heteroatoms. The molecule has 0 heterocycles. The first-order chi connectivity index (χ1) is 7.38. The fourth-order valence-electron chi connectivity index (χ4n) is 1.36. The van der Waals surface area contributed by atoms with Crippen LogP contribution < -0.4 is 10.6 Å². The van der Waals surface area contributed by atoms with Crippen molar-refractivity contribution in [2.24, 2.45) is 0 Å². The van der Waals surface area contributed by atoms with Gasteiger partial charge in [-0.05, 0) is 5.56 Å². The molecule has 0 aromatic heterocycles. The van der Waals surface area contributed by atoms with Crippen molar-refractivity contribution in [2.75, 3.05) is 13.1 Å². The Bertz CT molecular complexity index is 281. The van der Waals surface area contributed by atoms with E-state index in [0.29, 0.717) is 0 Å². The van der Waals surface area contributed by atoms with Gasteiger partial charge < -0.3 is 0 Å². The molecule has 0 unspecified atom stereocenters. The summed E-state index contributed by atoms with van der Waals surface area (Å²) in [6, 6.07) is 10.3. The lowest BCUT2D eigenvalue weighted by molar-refractivity contribution is 0.481. The number of hydrogen-bond acceptors (Lipinski definition) is 2. The van der Waals surface area contributed by atoms with E-state index in [1.807, 2.05) is 30.4 Å². The van der Waals surface area contributed by atoms with Crippen LogP contribution in [-0.2, 0) is 0 Å². The average molecular weight is 202 g/mol. The van der Waals surface area contributed by atoms with E-state index in [9.17, 15) is 0 Å². The highest BCUT2D eigenvalue weighted by Gasteiger charge is 2.06. The maximum Gasteiger partial charge on any atom is 0.0840 e. The minimum absolute atomic E-state index is 0.155. The molecule has 0 saturated heterocycles. The summed E-state index contributed by atoms with van der Waals surface area (Å²) in [5.41, 5.74) is 1.22. The third kappa shape index (κ3) is 4.11. The van der Waals surface area contributed by atoms with E-state index in [2.05, 4.69) is 35.9 Å². The molecule has 0 spiro atoms. The molecule has 0 aliphatic rings. The van der Waals surface area contributed by atoms with Crippen LogP contribution in [0.25, 0.3) is 0 Å². The fraction of sp³-hybridized carbons (Fsp3) is 0.231. The van der Waals surface area contributed by atoms with Gasteiger partial charge in [0.1, 0.15) is 0 Å². The van der Waals surface area contributed by atoms with E-state index >= 15 is 0 Å². The van der Waals surface area contributed by atoms with Gasteiger partial charge in [0.2, 0.25) is 0 Å². The van der Waals surface area contributed by atoms with Gasteiger partial charge in [0.05, 0.1) is 6.17 Å². The van der Waals surface area contributed by atoms with Crippen LogP contribution in [-0.4, -0.2) is 13.1 Å². The third-order valence-electron chi connectivity index (χ3n) is 2.07. The zero-order chi connectivity index (χ0) is 10.9. The molecule has 2 N–H and O–H groups in total. The first-order valence-electron chi connectivity index (χ1n) is 5.12.